The fourth-order valence-corrected chi connectivity index (χ4v) is 9.15. The Bertz CT molecular complexity index is 1030. The average Bonchev–Trinajstić information content (AvgIpc) is 3.32. The lowest BCUT2D eigenvalue weighted by atomic mass is 10.0. The van der Waals surface area contributed by atoms with Gasteiger partial charge in [-0.25, -0.2) is 0 Å². The molecular weight excluding hydrogens is 815 g/mol. The Kier molecular flexibility index (Phi) is 54.5. The first-order valence-electron chi connectivity index (χ1n) is 29.6. The van der Waals surface area contributed by atoms with Crippen LogP contribution in [0.1, 0.15) is 322 Å². The van der Waals surface area contributed by atoms with Gasteiger partial charge in [0.15, 0.2) is 0 Å². The number of aliphatic hydroxyl groups excluding tert-OH is 2. The molecule has 6 heteroatoms. The molecule has 0 heterocycles. The van der Waals surface area contributed by atoms with E-state index in [1.54, 1.807) is 6.08 Å². The first-order chi connectivity index (χ1) is 32.5. The molecule has 0 saturated heterocycles. The summed E-state index contributed by atoms with van der Waals surface area (Å²) in [6.07, 6.45) is 67.8. The first kappa shape index (κ1) is 64.3. The van der Waals surface area contributed by atoms with Gasteiger partial charge < -0.3 is 20.3 Å². The third kappa shape index (κ3) is 51.7. The second-order valence-electron chi connectivity index (χ2n) is 20.3. The van der Waals surface area contributed by atoms with E-state index in [0.29, 0.717) is 19.4 Å². The van der Waals surface area contributed by atoms with Gasteiger partial charge in [0.05, 0.1) is 25.4 Å². The zero-order valence-electron chi connectivity index (χ0n) is 44.4. The molecule has 2 unspecified atom stereocenters. The minimum atomic E-state index is -0.854. The van der Waals surface area contributed by atoms with Crippen LogP contribution in [0.5, 0.6) is 0 Å². The fourth-order valence-electron chi connectivity index (χ4n) is 9.15. The van der Waals surface area contributed by atoms with Crippen LogP contribution in [-0.2, 0) is 14.3 Å². The Morgan fingerprint density at radius 3 is 1.12 bits per heavy atom. The van der Waals surface area contributed by atoms with E-state index in [-0.39, 0.29) is 18.5 Å². The summed E-state index contributed by atoms with van der Waals surface area (Å²) < 4.78 is 5.44. The minimum absolute atomic E-state index is 0.0173. The first-order valence-corrected chi connectivity index (χ1v) is 29.6. The Morgan fingerprint density at radius 2 is 0.727 bits per heavy atom. The summed E-state index contributed by atoms with van der Waals surface area (Å²) in [7, 11) is 0. The molecule has 390 valence electrons. The van der Waals surface area contributed by atoms with Gasteiger partial charge in [-0.2, -0.15) is 0 Å². The Morgan fingerprint density at radius 1 is 0.409 bits per heavy atom. The van der Waals surface area contributed by atoms with Crippen molar-refractivity contribution in [3.63, 3.8) is 0 Å². The third-order valence-corrected chi connectivity index (χ3v) is 13.7. The molecule has 0 aliphatic rings. The lowest BCUT2D eigenvalue weighted by Crippen LogP contribution is -2.45. The molecule has 0 aromatic carbocycles. The number of amides is 1. The van der Waals surface area contributed by atoms with Gasteiger partial charge >= 0.3 is 5.97 Å². The van der Waals surface area contributed by atoms with E-state index in [9.17, 15) is 19.8 Å². The van der Waals surface area contributed by atoms with Crippen LogP contribution in [0, 0.1) is 0 Å². The number of esters is 1. The minimum Gasteiger partial charge on any atom is -0.466 e. The van der Waals surface area contributed by atoms with Gasteiger partial charge in [-0.3, -0.25) is 9.59 Å². The Hall–Kier alpha value is -1.66. The van der Waals surface area contributed by atoms with Gasteiger partial charge in [-0.1, -0.05) is 282 Å². The number of carbonyl (C=O) groups is 2. The van der Waals surface area contributed by atoms with Gasteiger partial charge in [-0.15, -0.1) is 0 Å². The molecule has 0 bridgehead atoms. The zero-order chi connectivity index (χ0) is 47.9. The number of carbonyl (C=O) groups excluding carboxylic acids is 2. The molecule has 0 spiro atoms. The summed E-state index contributed by atoms with van der Waals surface area (Å²) >= 11 is 0. The number of hydrogen-bond acceptors (Lipinski definition) is 5. The smallest absolute Gasteiger partial charge is 0.305 e. The van der Waals surface area contributed by atoms with E-state index in [1.165, 1.54) is 238 Å². The van der Waals surface area contributed by atoms with Gasteiger partial charge in [0.1, 0.15) is 0 Å². The number of nitrogens with one attached hydrogen (secondary N) is 1. The standard InChI is InChI=1S/C60H115NO5/c1-3-5-7-9-11-13-15-16-17-18-19-20-21-22-23-24-25-26-27-29-33-36-40-44-48-52-58(63)57(56-62)61-59(64)53-49-45-41-37-34-30-28-31-35-39-43-47-51-55-66-60(65)54-50-46-42-38-32-14-12-10-8-6-4-2/h10,12,48,52,57-58,62-63H,3-9,11,13-47,49-51,53-56H2,1-2H3,(H,61,64)/b12-10-,52-48+. The van der Waals surface area contributed by atoms with E-state index in [0.717, 1.165) is 57.8 Å². The largest absolute Gasteiger partial charge is 0.466 e. The van der Waals surface area contributed by atoms with Crippen LogP contribution in [0.15, 0.2) is 24.3 Å². The summed E-state index contributed by atoms with van der Waals surface area (Å²) in [5.74, 6) is -0.0955. The van der Waals surface area contributed by atoms with Crippen LogP contribution < -0.4 is 5.32 Å². The van der Waals surface area contributed by atoms with E-state index in [4.69, 9.17) is 4.74 Å². The van der Waals surface area contributed by atoms with E-state index in [1.807, 2.05) is 6.08 Å². The molecule has 3 N–H and O–H groups in total. The second kappa shape index (κ2) is 55.9. The predicted octanol–water partition coefficient (Wildman–Crippen LogP) is 18.2. The van der Waals surface area contributed by atoms with Crippen molar-refractivity contribution in [3.05, 3.63) is 24.3 Å². The normalized spacial score (nSPS) is 12.7. The number of unbranched alkanes of at least 4 members (excludes halogenated alkanes) is 42. The van der Waals surface area contributed by atoms with Crippen molar-refractivity contribution in [2.45, 2.75) is 334 Å². The highest BCUT2D eigenvalue weighted by Crippen LogP contribution is 2.17. The number of allylic oxidation sites excluding steroid dienone is 3. The van der Waals surface area contributed by atoms with Crippen LogP contribution in [0.3, 0.4) is 0 Å². The van der Waals surface area contributed by atoms with Crippen molar-refractivity contribution in [1.29, 1.82) is 0 Å². The molecule has 0 radical (unpaired) electrons. The molecule has 0 aliphatic carbocycles. The van der Waals surface area contributed by atoms with Crippen LogP contribution in [0.25, 0.3) is 0 Å². The molecule has 66 heavy (non-hydrogen) atoms. The van der Waals surface area contributed by atoms with Crippen molar-refractivity contribution in [2.75, 3.05) is 13.2 Å². The highest BCUT2D eigenvalue weighted by atomic mass is 16.5. The number of aliphatic hydroxyl groups is 2. The quantitative estimate of drug-likeness (QED) is 0.0321. The van der Waals surface area contributed by atoms with Crippen molar-refractivity contribution < 1.29 is 24.5 Å². The number of hydrogen-bond donors (Lipinski definition) is 3. The fraction of sp³-hybridized carbons (Fsp3) is 0.900. The SMILES string of the molecule is CCCC/C=C\CCCCCCCC(=O)OCCCCCCCCCCCCCCCC(=O)NC(CO)C(O)/C=C/CCCCCCCCCCCCCCCCCCCCCCCCC. The Labute approximate surface area is 411 Å². The maximum absolute atomic E-state index is 12.5. The predicted molar refractivity (Wildman–Crippen MR) is 287 cm³/mol. The summed E-state index contributed by atoms with van der Waals surface area (Å²) in [4.78, 5) is 24.5. The van der Waals surface area contributed by atoms with Crippen LogP contribution in [-0.4, -0.2) is 47.4 Å². The molecule has 0 saturated carbocycles. The lowest BCUT2D eigenvalue weighted by molar-refractivity contribution is -0.143. The number of rotatable bonds is 55. The topological polar surface area (TPSA) is 95.9 Å². The average molecular weight is 931 g/mol. The van der Waals surface area contributed by atoms with Crippen LogP contribution in [0.4, 0.5) is 0 Å². The van der Waals surface area contributed by atoms with Crippen molar-refractivity contribution in [2.24, 2.45) is 0 Å². The van der Waals surface area contributed by atoms with Crippen LogP contribution >= 0.6 is 0 Å². The van der Waals surface area contributed by atoms with E-state index >= 15 is 0 Å². The summed E-state index contributed by atoms with van der Waals surface area (Å²) in [6, 6.07) is -0.639. The van der Waals surface area contributed by atoms with E-state index < -0.39 is 12.1 Å². The molecule has 6 nitrogen and oxygen atoms in total. The number of ether oxygens (including phenoxy) is 1. The second-order valence-corrected chi connectivity index (χ2v) is 20.3. The molecule has 0 fully saturated rings. The molecule has 1 amide bonds. The highest BCUT2D eigenvalue weighted by Gasteiger charge is 2.18. The van der Waals surface area contributed by atoms with Gasteiger partial charge in [0.2, 0.25) is 5.91 Å². The van der Waals surface area contributed by atoms with E-state index in [2.05, 4.69) is 31.3 Å². The summed E-state index contributed by atoms with van der Waals surface area (Å²) in [5, 5.41) is 23.2. The molecule has 0 aromatic heterocycles. The summed E-state index contributed by atoms with van der Waals surface area (Å²) in [6.45, 7) is 4.85. The highest BCUT2D eigenvalue weighted by molar-refractivity contribution is 5.76. The molecule has 0 aliphatic heterocycles. The third-order valence-electron chi connectivity index (χ3n) is 13.7. The van der Waals surface area contributed by atoms with Gasteiger partial charge in [-0.05, 0) is 51.4 Å². The maximum atomic E-state index is 12.5. The lowest BCUT2D eigenvalue weighted by Gasteiger charge is -2.20. The molecule has 0 rings (SSSR count). The molecular formula is C60H115NO5. The van der Waals surface area contributed by atoms with Crippen molar-refractivity contribution in [3.8, 4) is 0 Å². The monoisotopic (exact) mass is 930 g/mol. The van der Waals surface area contributed by atoms with Gasteiger partial charge in [0, 0.05) is 12.8 Å². The molecule has 0 aromatic rings. The van der Waals surface area contributed by atoms with Crippen molar-refractivity contribution in [1.82, 2.24) is 5.32 Å². The molecule has 2 atom stereocenters. The van der Waals surface area contributed by atoms with Crippen molar-refractivity contribution >= 4 is 11.9 Å². The van der Waals surface area contributed by atoms with Crippen LogP contribution in [0.2, 0.25) is 0 Å². The Balaban J connectivity index is 3.48. The van der Waals surface area contributed by atoms with Gasteiger partial charge in [0.25, 0.3) is 0 Å². The maximum Gasteiger partial charge on any atom is 0.305 e. The summed E-state index contributed by atoms with van der Waals surface area (Å²) in [5.41, 5.74) is 0. The zero-order valence-corrected chi connectivity index (χ0v) is 44.4.